The molecule has 4 saturated carbocycles. The average molecular weight is 1470 g/mol. The zero-order valence-corrected chi connectivity index (χ0v) is 63.7. The molecule has 1 unspecified atom stereocenters. The van der Waals surface area contributed by atoms with Gasteiger partial charge in [-0.15, -0.1) is 0 Å². The molecule has 1 amide bonds. The monoisotopic (exact) mass is 1470 g/mol. The Bertz CT molecular complexity index is 3060. The molecule has 4 aliphatic carbocycles. The van der Waals surface area contributed by atoms with Crippen LogP contribution >= 0.6 is 0 Å². The minimum Gasteiger partial charge on any atom is -0.481 e. The van der Waals surface area contributed by atoms with Crippen LogP contribution in [-0.2, 0) is 47.4 Å². The zero-order chi connectivity index (χ0) is 74.3. The topological polar surface area (TPSA) is 374 Å². The molecule has 592 valence electrons. The molecule has 6 aliphatic rings. The zero-order valence-electron chi connectivity index (χ0n) is 63.7. The fraction of sp³-hybridized carbons (Fsp3) is 0.763. The molecule has 4 heterocycles. The number of esters is 2. The number of hydrogen-bond acceptors (Lipinski definition) is 26. The molecule has 0 bridgehead atoms. The highest BCUT2D eigenvalue weighted by molar-refractivity contribution is 5.90. The molecule has 0 radical (unpaired) electrons. The smallest absolute Gasteiger partial charge is 0.355 e. The van der Waals surface area contributed by atoms with E-state index in [1.54, 1.807) is 17.6 Å². The van der Waals surface area contributed by atoms with Gasteiger partial charge in [0.25, 0.3) is 5.56 Å². The SMILES string of the molecule is CCC1(OC(=O)CNC(=O)CCC(=O)O)C(=O)OCc2c1cc1n(c2=O)Cc2cc3ccccc3nc2-1.NCCNCCN(CCNCCN(CCNCCN(CCN)CCN(CCNC1CCC1)CCN(CCN)CCNC1CCC1)CCN(CCN)CCNCCNCCNC1CCC1)C1CCC1. The maximum Gasteiger partial charge on any atom is 0.355 e. The summed E-state index contributed by atoms with van der Waals surface area (Å²) in [6, 6.07) is 14.2. The second-order valence-electron chi connectivity index (χ2n) is 29.4. The van der Waals surface area contributed by atoms with E-state index in [0.717, 1.165) is 237 Å². The van der Waals surface area contributed by atoms with E-state index in [-0.39, 0.29) is 42.6 Å². The Kier molecular flexibility index (Phi) is 39.3. The van der Waals surface area contributed by atoms with E-state index < -0.39 is 36.0 Å². The molecule has 4 fully saturated rings. The molecular weight excluding hydrogens is 1330 g/mol. The maximum absolute atomic E-state index is 13.5. The van der Waals surface area contributed by atoms with Crippen molar-refractivity contribution in [3.63, 3.8) is 0 Å². The fourth-order valence-corrected chi connectivity index (χ4v) is 14.4. The summed E-state index contributed by atoms with van der Waals surface area (Å²) in [4.78, 5) is 82.1. The summed E-state index contributed by atoms with van der Waals surface area (Å²) in [6.45, 7) is 34.7. The van der Waals surface area contributed by atoms with Gasteiger partial charge in [-0.2, -0.15) is 0 Å². The first kappa shape index (κ1) is 85.3. The third-order valence-corrected chi connectivity index (χ3v) is 21.9. The number of para-hydroxylation sites is 1. The van der Waals surface area contributed by atoms with Crippen molar-refractivity contribution in [1.29, 1.82) is 0 Å². The summed E-state index contributed by atoms with van der Waals surface area (Å²) in [5.41, 5.74) is 25.1. The molecule has 2 aliphatic heterocycles. The molecule has 9 rings (SSSR count). The summed E-state index contributed by atoms with van der Waals surface area (Å²) in [6.07, 6.45) is 15.5. The normalized spacial score (nSPS) is 17.4. The van der Waals surface area contributed by atoms with Crippen LogP contribution in [0.3, 0.4) is 0 Å². The Morgan fingerprint density at radius 3 is 1.52 bits per heavy atom. The second-order valence-corrected chi connectivity index (χ2v) is 29.4. The van der Waals surface area contributed by atoms with Crippen molar-refractivity contribution in [1.82, 2.24) is 86.8 Å². The number of carbonyl (C=O) groups is 4. The number of fused-ring (bicyclic) bond motifs is 5. The summed E-state index contributed by atoms with van der Waals surface area (Å²) < 4.78 is 12.5. The van der Waals surface area contributed by atoms with Gasteiger partial charge in [0, 0.05) is 270 Å². The minimum atomic E-state index is -1.88. The number of ether oxygens (including phenoxy) is 2. The third kappa shape index (κ3) is 28.9. The summed E-state index contributed by atoms with van der Waals surface area (Å²) >= 11 is 0. The van der Waals surface area contributed by atoms with Gasteiger partial charge in [0.2, 0.25) is 11.5 Å². The largest absolute Gasteiger partial charge is 0.481 e. The number of cyclic esters (lactones) is 1. The highest BCUT2D eigenvalue weighted by Gasteiger charge is 2.50. The summed E-state index contributed by atoms with van der Waals surface area (Å²) in [5, 5.41) is 41.5. The number of nitrogens with zero attached hydrogens (tertiary/aromatic N) is 8. The van der Waals surface area contributed by atoms with Crippen LogP contribution in [0.5, 0.6) is 0 Å². The third-order valence-electron chi connectivity index (χ3n) is 21.9. The van der Waals surface area contributed by atoms with Crippen molar-refractivity contribution in [3.05, 3.63) is 63.4 Å². The number of nitrogens with one attached hydrogen (secondary N) is 9. The van der Waals surface area contributed by atoms with Crippen LogP contribution in [0.2, 0.25) is 0 Å². The molecular formula is C76H135N21O8. The number of rotatable bonds is 58. The summed E-state index contributed by atoms with van der Waals surface area (Å²) in [7, 11) is 0. The Hall–Kier alpha value is -5.26. The van der Waals surface area contributed by atoms with Gasteiger partial charge in [0.1, 0.15) is 13.2 Å². The lowest BCUT2D eigenvalue weighted by molar-refractivity contribution is -0.189. The molecule has 0 spiro atoms. The van der Waals surface area contributed by atoms with Gasteiger partial charge in [-0.3, -0.25) is 48.6 Å². The molecule has 105 heavy (non-hydrogen) atoms. The standard InChI is InChI=1S/C50H112N18.C26H23N3O8/c51-13-17-55-26-39-68(50-11-4-12-50)40-27-59-25-36-66(44-41-63(30-14-52)33-22-57-19-18-56-20-21-60-47-5-1-6-47)35-24-58-23-34-64(31-15-53)42-45-67(38-29-62-49-9-3-10-49)46-43-65(32-16-54)37-28-61-48-7-2-8-48;1-2-26(37-22(33)11-27-20(30)7-8-21(31)32)17-10-19-23-15(9-14-5-3-4-6-18(14)28-23)12-29(19)24(34)16(17)13-36-25(26)35/h47-50,55-62H,1-46,51-54H2;3-6,9-10H,2,7-8,11-13H2,1H3,(H,27,30)(H,31,32). The first-order valence-electron chi connectivity index (χ1n) is 40.3. The lowest BCUT2D eigenvalue weighted by Crippen LogP contribution is -2.48. The van der Waals surface area contributed by atoms with E-state index in [9.17, 15) is 24.0 Å². The number of carbonyl (C=O) groups excluding carboxylic acids is 3. The van der Waals surface area contributed by atoms with Gasteiger partial charge < -0.3 is 89.9 Å². The number of benzene rings is 1. The second kappa shape index (κ2) is 48.3. The van der Waals surface area contributed by atoms with E-state index >= 15 is 0 Å². The molecule has 1 aromatic carbocycles. The van der Waals surface area contributed by atoms with Crippen LogP contribution in [0.4, 0.5) is 0 Å². The lowest BCUT2D eigenvalue weighted by Gasteiger charge is -2.37. The average Bonchev–Trinajstić information content (AvgIpc) is 1.67. The number of aromatic nitrogens is 2. The fourth-order valence-electron chi connectivity index (χ4n) is 14.4. The van der Waals surface area contributed by atoms with Crippen molar-refractivity contribution < 1.29 is 33.8 Å². The number of carboxylic acids is 1. The first-order chi connectivity index (χ1) is 51.3. The Labute approximate surface area is 625 Å². The van der Waals surface area contributed by atoms with Crippen LogP contribution in [0.25, 0.3) is 22.3 Å². The quantitative estimate of drug-likeness (QED) is 0.0190. The van der Waals surface area contributed by atoms with Crippen molar-refractivity contribution in [2.24, 2.45) is 22.9 Å². The molecule has 3 aromatic rings. The minimum absolute atomic E-state index is 0.0154. The van der Waals surface area contributed by atoms with Crippen LogP contribution in [-0.4, -0.2) is 321 Å². The first-order valence-corrected chi connectivity index (χ1v) is 40.3. The highest BCUT2D eigenvalue weighted by atomic mass is 16.6. The maximum atomic E-state index is 13.5. The van der Waals surface area contributed by atoms with Gasteiger partial charge in [0.15, 0.2) is 0 Å². The molecule has 0 saturated heterocycles. The van der Waals surface area contributed by atoms with Gasteiger partial charge >= 0.3 is 17.9 Å². The van der Waals surface area contributed by atoms with Gasteiger partial charge in [0.05, 0.1) is 35.4 Å². The number of aliphatic carboxylic acids is 1. The number of nitrogens with two attached hydrogens (primary N) is 4. The van der Waals surface area contributed by atoms with Crippen LogP contribution < -0.4 is 76.3 Å². The van der Waals surface area contributed by atoms with E-state index in [1.807, 2.05) is 30.3 Å². The number of amides is 1. The molecule has 2 aromatic heterocycles. The van der Waals surface area contributed by atoms with Gasteiger partial charge in [-0.1, -0.05) is 50.8 Å². The van der Waals surface area contributed by atoms with Crippen molar-refractivity contribution >= 4 is 34.7 Å². The van der Waals surface area contributed by atoms with E-state index in [4.69, 9.17) is 42.5 Å². The molecule has 1 atom stereocenters. The predicted molar refractivity (Wildman–Crippen MR) is 417 cm³/mol. The Morgan fingerprint density at radius 1 is 0.562 bits per heavy atom. The molecule has 18 N–H and O–H groups in total. The van der Waals surface area contributed by atoms with Crippen LogP contribution in [0, 0.1) is 0 Å². The molecule has 29 nitrogen and oxygen atoms in total. The Balaban J connectivity index is 0.000000314. The van der Waals surface area contributed by atoms with E-state index in [0.29, 0.717) is 44.1 Å². The number of pyridine rings is 2. The van der Waals surface area contributed by atoms with E-state index in [1.165, 1.54) is 77.0 Å². The lowest BCUT2D eigenvalue weighted by atomic mass is 9.85. The van der Waals surface area contributed by atoms with Gasteiger partial charge in [-0.05, 0) is 76.0 Å². The molecule has 29 heteroatoms. The number of hydrogen-bond donors (Lipinski definition) is 14. The van der Waals surface area contributed by atoms with Crippen molar-refractivity contribution in [2.75, 3.05) is 229 Å². The van der Waals surface area contributed by atoms with Crippen LogP contribution in [0.1, 0.15) is 120 Å². The van der Waals surface area contributed by atoms with Crippen LogP contribution in [0.15, 0.2) is 41.2 Å². The van der Waals surface area contributed by atoms with Gasteiger partial charge in [-0.25, -0.2) is 9.78 Å². The van der Waals surface area contributed by atoms with E-state index in [2.05, 4.69) is 77.3 Å². The summed E-state index contributed by atoms with van der Waals surface area (Å²) in [5.74, 6) is -3.54. The highest BCUT2D eigenvalue weighted by Crippen LogP contribution is 2.41. The van der Waals surface area contributed by atoms with Crippen molar-refractivity contribution in [2.45, 2.75) is 146 Å². The Morgan fingerprint density at radius 2 is 1.03 bits per heavy atom. The van der Waals surface area contributed by atoms with Crippen molar-refractivity contribution in [3.8, 4) is 11.4 Å². The number of carboxylic acid groups (broad SMARTS) is 1. The predicted octanol–water partition coefficient (Wildman–Crippen LogP) is -0.828.